The molecule has 0 saturated carbocycles. The number of aliphatic hydroxyl groups is 1. The van der Waals surface area contributed by atoms with E-state index in [0.717, 1.165) is 36.6 Å². The Morgan fingerprint density at radius 1 is 1.43 bits per heavy atom. The number of aliphatic hydroxyl groups excluding tert-OH is 1. The van der Waals surface area contributed by atoms with E-state index in [4.69, 9.17) is 4.98 Å². The minimum Gasteiger partial charge on any atom is -0.394 e. The van der Waals surface area contributed by atoms with Gasteiger partial charge in [0, 0.05) is 26.1 Å². The maximum atomic E-state index is 12.5. The number of amides is 1. The van der Waals surface area contributed by atoms with Crippen LogP contribution in [0.25, 0.3) is 10.2 Å². The van der Waals surface area contributed by atoms with Gasteiger partial charge in [-0.25, -0.2) is 4.98 Å². The molecule has 124 valence electrons. The molecule has 1 aliphatic rings. The van der Waals surface area contributed by atoms with Crippen LogP contribution in [0.5, 0.6) is 0 Å². The molecule has 1 N–H and O–H groups in total. The number of carbonyl (C=O) groups excluding carboxylic acids is 1. The van der Waals surface area contributed by atoms with Gasteiger partial charge in [0.15, 0.2) is 5.13 Å². The molecule has 1 fully saturated rings. The third-order valence-corrected chi connectivity index (χ3v) is 5.77. The lowest BCUT2D eigenvalue weighted by molar-refractivity contribution is -0.137. The van der Waals surface area contributed by atoms with Gasteiger partial charge < -0.3 is 14.9 Å². The van der Waals surface area contributed by atoms with Crippen molar-refractivity contribution >= 4 is 32.6 Å². The molecule has 1 atom stereocenters. The molecule has 0 bridgehead atoms. The molecule has 2 aromatic rings. The van der Waals surface area contributed by atoms with Crippen LogP contribution in [0, 0.1) is 5.92 Å². The van der Waals surface area contributed by atoms with Gasteiger partial charge in [-0.2, -0.15) is 0 Å². The first-order chi connectivity index (χ1) is 11.1. The number of para-hydroxylation sites is 1. The topological polar surface area (TPSA) is 56.7 Å². The zero-order chi connectivity index (χ0) is 16.4. The number of rotatable bonds is 4. The Bertz CT molecular complexity index is 646. The van der Waals surface area contributed by atoms with E-state index in [9.17, 15) is 9.90 Å². The number of likely N-dealkylation sites (N-methyl/N-ethyl adjacent to an activating group) is 1. The van der Waals surface area contributed by atoms with Crippen LogP contribution in [-0.4, -0.2) is 53.7 Å². The van der Waals surface area contributed by atoms with Gasteiger partial charge in [0.1, 0.15) is 0 Å². The molecule has 1 aromatic carbocycles. The van der Waals surface area contributed by atoms with Gasteiger partial charge in [0.2, 0.25) is 5.91 Å². The van der Waals surface area contributed by atoms with Crippen LogP contribution in [0.1, 0.15) is 19.8 Å². The summed E-state index contributed by atoms with van der Waals surface area (Å²) < 4.78 is 1.21. The molecule has 5 nitrogen and oxygen atoms in total. The predicted octanol–water partition coefficient (Wildman–Crippen LogP) is 2.35. The second-order valence-electron chi connectivity index (χ2n) is 6.21. The fraction of sp³-hybridized carbons (Fsp3) is 0.529. The van der Waals surface area contributed by atoms with Crippen LogP contribution in [-0.2, 0) is 4.79 Å². The van der Waals surface area contributed by atoms with Crippen molar-refractivity contribution in [1.29, 1.82) is 0 Å². The molecule has 3 rings (SSSR count). The fourth-order valence-electron chi connectivity index (χ4n) is 2.94. The first-order valence-electron chi connectivity index (χ1n) is 8.08. The van der Waals surface area contributed by atoms with E-state index >= 15 is 0 Å². The highest BCUT2D eigenvalue weighted by Crippen LogP contribution is 2.31. The van der Waals surface area contributed by atoms with Crippen LogP contribution in [0.3, 0.4) is 0 Å². The predicted molar refractivity (Wildman–Crippen MR) is 93.9 cm³/mol. The van der Waals surface area contributed by atoms with Crippen molar-refractivity contribution in [3.05, 3.63) is 24.3 Å². The van der Waals surface area contributed by atoms with Crippen LogP contribution in [0.2, 0.25) is 0 Å². The Morgan fingerprint density at radius 2 is 2.13 bits per heavy atom. The second-order valence-corrected chi connectivity index (χ2v) is 7.22. The van der Waals surface area contributed by atoms with Crippen molar-refractivity contribution < 1.29 is 9.90 Å². The molecular formula is C17H23N3O2S. The molecule has 23 heavy (non-hydrogen) atoms. The lowest BCUT2D eigenvalue weighted by Gasteiger charge is -2.34. The molecule has 6 heteroatoms. The Balaban J connectivity index is 1.63. The number of hydrogen-bond donors (Lipinski definition) is 1. The minimum atomic E-state index is -0.121. The van der Waals surface area contributed by atoms with Gasteiger partial charge in [-0.05, 0) is 31.9 Å². The SMILES string of the molecule is CC(CO)N(C)C(=O)C1CCN(c2nc3ccccc3s2)CC1. The van der Waals surface area contributed by atoms with Gasteiger partial charge in [-0.3, -0.25) is 4.79 Å². The first kappa shape index (κ1) is 16.2. The van der Waals surface area contributed by atoms with Crippen LogP contribution < -0.4 is 4.90 Å². The number of piperidine rings is 1. The van der Waals surface area contributed by atoms with E-state index in [-0.39, 0.29) is 24.5 Å². The number of benzene rings is 1. The van der Waals surface area contributed by atoms with E-state index in [1.165, 1.54) is 4.70 Å². The summed E-state index contributed by atoms with van der Waals surface area (Å²) in [6.45, 7) is 3.59. The molecule has 1 unspecified atom stereocenters. The van der Waals surface area contributed by atoms with E-state index in [1.807, 2.05) is 25.1 Å². The van der Waals surface area contributed by atoms with E-state index in [0.29, 0.717) is 0 Å². The Morgan fingerprint density at radius 3 is 2.78 bits per heavy atom. The third kappa shape index (κ3) is 3.33. The molecule has 1 aromatic heterocycles. The average molecular weight is 333 g/mol. The van der Waals surface area contributed by atoms with Crippen molar-refractivity contribution in [3.63, 3.8) is 0 Å². The summed E-state index contributed by atoms with van der Waals surface area (Å²) in [6, 6.07) is 8.06. The molecular weight excluding hydrogens is 310 g/mol. The number of hydrogen-bond acceptors (Lipinski definition) is 5. The maximum Gasteiger partial charge on any atom is 0.225 e. The summed E-state index contributed by atoms with van der Waals surface area (Å²) >= 11 is 1.71. The van der Waals surface area contributed by atoms with Crippen LogP contribution >= 0.6 is 11.3 Å². The molecule has 0 aliphatic carbocycles. The Labute approximate surface area is 140 Å². The van der Waals surface area contributed by atoms with Gasteiger partial charge in [-0.15, -0.1) is 0 Å². The molecule has 1 saturated heterocycles. The largest absolute Gasteiger partial charge is 0.394 e. The van der Waals surface area contributed by atoms with Gasteiger partial charge in [0.05, 0.1) is 22.9 Å². The Kier molecular flexibility index (Phi) is 4.82. The summed E-state index contributed by atoms with van der Waals surface area (Å²) in [5.74, 6) is 0.204. The summed E-state index contributed by atoms with van der Waals surface area (Å²) in [5, 5.41) is 10.3. The number of thiazole rings is 1. The number of nitrogens with zero attached hydrogens (tertiary/aromatic N) is 3. The summed E-state index contributed by atoms with van der Waals surface area (Å²) in [5.41, 5.74) is 1.04. The highest BCUT2D eigenvalue weighted by atomic mass is 32.1. The average Bonchev–Trinajstić information content (AvgIpc) is 3.04. The molecule has 0 spiro atoms. The van der Waals surface area contributed by atoms with Crippen LogP contribution in [0.4, 0.5) is 5.13 Å². The van der Waals surface area contributed by atoms with Gasteiger partial charge in [-0.1, -0.05) is 23.5 Å². The standard InChI is InChI=1S/C17H23N3O2S/c1-12(11-21)19(2)16(22)13-7-9-20(10-8-13)17-18-14-5-3-4-6-15(14)23-17/h3-6,12-13,21H,7-11H2,1-2H3. The third-order valence-electron chi connectivity index (χ3n) is 4.67. The van der Waals surface area contributed by atoms with Gasteiger partial charge >= 0.3 is 0 Å². The number of anilines is 1. The molecule has 0 radical (unpaired) electrons. The molecule has 2 heterocycles. The lowest BCUT2D eigenvalue weighted by atomic mass is 9.95. The number of fused-ring (bicyclic) bond motifs is 1. The summed E-state index contributed by atoms with van der Waals surface area (Å²) in [6.07, 6.45) is 1.69. The Hall–Kier alpha value is -1.66. The van der Waals surface area contributed by atoms with Crippen molar-refractivity contribution in [2.45, 2.75) is 25.8 Å². The summed E-state index contributed by atoms with van der Waals surface area (Å²) in [4.78, 5) is 21.1. The van der Waals surface area contributed by atoms with E-state index in [1.54, 1.807) is 23.3 Å². The molecule has 1 aliphatic heterocycles. The highest BCUT2D eigenvalue weighted by Gasteiger charge is 2.29. The summed E-state index contributed by atoms with van der Waals surface area (Å²) in [7, 11) is 1.78. The monoisotopic (exact) mass is 333 g/mol. The zero-order valence-corrected chi connectivity index (χ0v) is 14.4. The highest BCUT2D eigenvalue weighted by molar-refractivity contribution is 7.22. The smallest absolute Gasteiger partial charge is 0.225 e. The zero-order valence-electron chi connectivity index (χ0n) is 13.6. The van der Waals surface area contributed by atoms with Crippen molar-refractivity contribution in [2.75, 3.05) is 31.6 Å². The maximum absolute atomic E-state index is 12.5. The van der Waals surface area contributed by atoms with E-state index < -0.39 is 0 Å². The number of aromatic nitrogens is 1. The van der Waals surface area contributed by atoms with Crippen molar-refractivity contribution in [1.82, 2.24) is 9.88 Å². The van der Waals surface area contributed by atoms with Crippen molar-refractivity contribution in [2.24, 2.45) is 5.92 Å². The second kappa shape index (κ2) is 6.84. The lowest BCUT2D eigenvalue weighted by Crippen LogP contribution is -2.45. The molecule has 1 amide bonds. The number of carbonyl (C=O) groups is 1. The van der Waals surface area contributed by atoms with Crippen LogP contribution in [0.15, 0.2) is 24.3 Å². The first-order valence-corrected chi connectivity index (χ1v) is 8.90. The minimum absolute atomic E-state index is 0.00674. The van der Waals surface area contributed by atoms with E-state index in [2.05, 4.69) is 11.0 Å². The van der Waals surface area contributed by atoms with Gasteiger partial charge in [0.25, 0.3) is 0 Å². The normalized spacial score (nSPS) is 17.4. The van der Waals surface area contributed by atoms with Crippen molar-refractivity contribution in [3.8, 4) is 0 Å². The quantitative estimate of drug-likeness (QED) is 0.933. The fourth-order valence-corrected chi connectivity index (χ4v) is 3.96.